The van der Waals surface area contributed by atoms with Crippen molar-refractivity contribution in [1.82, 2.24) is 0 Å². The summed E-state index contributed by atoms with van der Waals surface area (Å²) >= 11 is 0. The summed E-state index contributed by atoms with van der Waals surface area (Å²) in [5, 5.41) is 111. The third-order valence-corrected chi connectivity index (χ3v) is 7.51. The van der Waals surface area contributed by atoms with Gasteiger partial charge in [0, 0.05) is 17.7 Å². The topological polar surface area (TPSA) is 280 Å². The molecule has 3 heterocycles. The van der Waals surface area contributed by atoms with Gasteiger partial charge in [-0.3, -0.25) is 4.79 Å². The fourth-order valence-electron chi connectivity index (χ4n) is 5.14. The number of aliphatic hydroxyl groups excluding tert-OH is 8. The van der Waals surface area contributed by atoms with Gasteiger partial charge in [0.1, 0.15) is 77.6 Å². The summed E-state index contributed by atoms with van der Waals surface area (Å²) in [6.07, 6.45) is -16.4. The third kappa shape index (κ3) is 5.38. The lowest BCUT2D eigenvalue weighted by molar-refractivity contribution is -0.277. The number of rotatable bonds is 6. The van der Waals surface area contributed by atoms with Crippen LogP contribution in [0, 0.1) is 0 Å². The second-order valence-electron chi connectivity index (χ2n) is 10.3. The maximum absolute atomic E-state index is 13.1. The molecule has 2 aromatic carbocycles. The van der Waals surface area contributed by atoms with Crippen LogP contribution in [-0.4, -0.2) is 125 Å². The Balaban J connectivity index is 1.54. The molecule has 1 aromatic heterocycles. The predicted octanol–water partition coefficient (Wildman–Crippen LogP) is -2.73. The summed E-state index contributed by atoms with van der Waals surface area (Å²) in [6, 6.07) is 5.34. The van der Waals surface area contributed by atoms with Gasteiger partial charge in [-0.05, 0) is 18.2 Å². The standard InChI is InChI=1S/C27H30O16/c28-6-15-19(34)21(36)23(38)26(41-15)18-11(32)4-10(31)17-12(33)5-14(40-25(17)18)8-1-2-13(9(30)3-8)42-27-24(39)22(37)20(35)16(7-29)43-27/h1-5,15-16,19-24,26-32,34-39H,6-7H2/t15-,16-,19-,20-,21+,22+,23-,24-,26+,27-/m1/s1. The molecular weight excluding hydrogens is 580 g/mol. The van der Waals surface area contributed by atoms with Crippen LogP contribution in [0.15, 0.2) is 39.5 Å². The third-order valence-electron chi connectivity index (χ3n) is 7.51. The van der Waals surface area contributed by atoms with Crippen LogP contribution in [0.25, 0.3) is 22.3 Å². The molecule has 11 N–H and O–H groups in total. The summed E-state index contributed by atoms with van der Waals surface area (Å²) in [5.74, 6) is -2.45. The summed E-state index contributed by atoms with van der Waals surface area (Å²) in [4.78, 5) is 13.1. The molecule has 0 bridgehead atoms. The van der Waals surface area contributed by atoms with Crippen molar-refractivity contribution in [3.8, 4) is 34.3 Å². The number of hydrogen-bond donors (Lipinski definition) is 11. The molecule has 0 saturated carbocycles. The largest absolute Gasteiger partial charge is 0.507 e. The monoisotopic (exact) mass is 610 g/mol. The number of hydrogen-bond acceptors (Lipinski definition) is 16. The van der Waals surface area contributed by atoms with Gasteiger partial charge in [0.05, 0.1) is 18.8 Å². The lowest BCUT2D eigenvalue weighted by Gasteiger charge is -2.40. The number of aromatic hydroxyl groups is 3. The van der Waals surface area contributed by atoms with Gasteiger partial charge < -0.3 is 74.8 Å². The van der Waals surface area contributed by atoms with Gasteiger partial charge in [0.15, 0.2) is 22.5 Å². The Morgan fingerprint density at radius 3 is 1.95 bits per heavy atom. The first-order valence-electron chi connectivity index (χ1n) is 13.0. The molecule has 16 nitrogen and oxygen atoms in total. The van der Waals surface area contributed by atoms with Gasteiger partial charge in [-0.15, -0.1) is 0 Å². The Labute approximate surface area is 241 Å². The Kier molecular flexibility index (Phi) is 8.52. The van der Waals surface area contributed by atoms with Crippen molar-refractivity contribution < 1.29 is 74.8 Å². The molecule has 0 spiro atoms. The minimum absolute atomic E-state index is 0.0558. The molecular formula is C27H30O16. The molecule has 3 aromatic rings. The molecule has 2 aliphatic rings. The highest BCUT2D eigenvalue weighted by Crippen LogP contribution is 2.44. The molecule has 16 heteroatoms. The number of phenolic OH excluding ortho intramolecular Hbond substituents is 3. The second kappa shape index (κ2) is 11.9. The Bertz CT molecular complexity index is 1540. The van der Waals surface area contributed by atoms with Crippen LogP contribution in [0.3, 0.4) is 0 Å². The smallest absolute Gasteiger partial charge is 0.229 e. The normalized spacial score (nSPS) is 33.0. The van der Waals surface area contributed by atoms with Gasteiger partial charge >= 0.3 is 0 Å². The van der Waals surface area contributed by atoms with Gasteiger partial charge in [-0.1, -0.05) is 0 Å². The van der Waals surface area contributed by atoms with Crippen molar-refractivity contribution in [1.29, 1.82) is 0 Å². The molecule has 0 unspecified atom stereocenters. The van der Waals surface area contributed by atoms with E-state index in [9.17, 15) is 61.0 Å². The highest BCUT2D eigenvalue weighted by Gasteiger charge is 2.47. The van der Waals surface area contributed by atoms with Crippen LogP contribution in [-0.2, 0) is 9.47 Å². The molecule has 2 fully saturated rings. The van der Waals surface area contributed by atoms with E-state index in [4.69, 9.17) is 18.6 Å². The number of aliphatic hydroxyl groups is 8. The Morgan fingerprint density at radius 2 is 1.33 bits per heavy atom. The highest BCUT2D eigenvalue weighted by molar-refractivity contribution is 5.89. The van der Waals surface area contributed by atoms with E-state index in [1.54, 1.807) is 0 Å². The first kappa shape index (κ1) is 30.9. The zero-order chi connectivity index (χ0) is 31.3. The quantitative estimate of drug-likeness (QED) is 0.135. The predicted molar refractivity (Wildman–Crippen MR) is 140 cm³/mol. The maximum Gasteiger partial charge on any atom is 0.229 e. The summed E-state index contributed by atoms with van der Waals surface area (Å²) in [7, 11) is 0. The average molecular weight is 611 g/mol. The zero-order valence-corrected chi connectivity index (χ0v) is 22.0. The Morgan fingerprint density at radius 1 is 0.698 bits per heavy atom. The van der Waals surface area contributed by atoms with Crippen LogP contribution in [0.4, 0.5) is 0 Å². The molecule has 43 heavy (non-hydrogen) atoms. The van der Waals surface area contributed by atoms with Crippen molar-refractivity contribution in [3.05, 3.63) is 46.1 Å². The van der Waals surface area contributed by atoms with Crippen LogP contribution in [0.2, 0.25) is 0 Å². The van der Waals surface area contributed by atoms with Gasteiger partial charge in [0.25, 0.3) is 0 Å². The molecule has 0 amide bonds. The fraction of sp³-hybridized carbons (Fsp3) is 0.444. The van der Waals surface area contributed by atoms with Gasteiger partial charge in [0.2, 0.25) is 6.29 Å². The summed E-state index contributed by atoms with van der Waals surface area (Å²) in [6.45, 7) is -1.48. The summed E-state index contributed by atoms with van der Waals surface area (Å²) < 4.78 is 22.1. The minimum atomic E-state index is -1.87. The van der Waals surface area contributed by atoms with E-state index in [1.165, 1.54) is 12.1 Å². The Hall–Kier alpha value is -3.55. The maximum atomic E-state index is 13.1. The van der Waals surface area contributed by atoms with Gasteiger partial charge in [-0.25, -0.2) is 0 Å². The molecule has 2 aliphatic heterocycles. The van der Waals surface area contributed by atoms with Crippen molar-refractivity contribution in [2.45, 2.75) is 61.2 Å². The van der Waals surface area contributed by atoms with Crippen molar-refractivity contribution >= 4 is 11.0 Å². The second-order valence-corrected chi connectivity index (χ2v) is 10.3. The first-order chi connectivity index (χ1) is 20.4. The average Bonchev–Trinajstić information content (AvgIpc) is 2.97. The van der Waals surface area contributed by atoms with E-state index in [1.807, 2.05) is 0 Å². The zero-order valence-electron chi connectivity index (χ0n) is 22.0. The number of phenols is 3. The van der Waals surface area contributed by atoms with Crippen molar-refractivity contribution in [2.75, 3.05) is 13.2 Å². The van der Waals surface area contributed by atoms with E-state index >= 15 is 0 Å². The molecule has 234 valence electrons. The van der Waals surface area contributed by atoms with Crippen LogP contribution in [0.5, 0.6) is 23.0 Å². The van der Waals surface area contributed by atoms with Gasteiger partial charge in [-0.2, -0.15) is 0 Å². The van der Waals surface area contributed by atoms with Crippen LogP contribution < -0.4 is 10.2 Å². The summed E-state index contributed by atoms with van der Waals surface area (Å²) in [5.41, 5.74) is -1.61. The van der Waals surface area contributed by atoms with Crippen molar-refractivity contribution in [3.63, 3.8) is 0 Å². The van der Waals surface area contributed by atoms with E-state index in [0.717, 1.165) is 18.2 Å². The number of benzene rings is 2. The SMILES string of the molecule is O=c1cc(-c2ccc(O[C@@H]3O[C@H](CO)[C@@H](O)[C@H](O)[C@H]3O)c(O)c2)oc2c([C@@H]3O[C@H](CO)[C@@H](O)[C@H](O)[C@H]3O)c(O)cc(O)c12. The number of fused-ring (bicyclic) bond motifs is 1. The molecule has 5 rings (SSSR count). The van der Waals surface area contributed by atoms with Crippen molar-refractivity contribution in [2.24, 2.45) is 0 Å². The van der Waals surface area contributed by atoms with E-state index in [-0.39, 0.29) is 22.6 Å². The van der Waals surface area contributed by atoms with Crippen LogP contribution >= 0.6 is 0 Å². The molecule has 2 saturated heterocycles. The molecule has 0 aliphatic carbocycles. The number of ether oxygens (including phenoxy) is 3. The fourth-order valence-corrected chi connectivity index (χ4v) is 5.14. The first-order valence-corrected chi connectivity index (χ1v) is 13.0. The van der Waals surface area contributed by atoms with E-state index in [0.29, 0.717) is 0 Å². The van der Waals surface area contributed by atoms with E-state index < -0.39 is 108 Å². The molecule has 10 atom stereocenters. The lowest BCUT2D eigenvalue weighted by atomic mass is 9.89. The lowest BCUT2D eigenvalue weighted by Crippen LogP contribution is -2.60. The molecule has 0 radical (unpaired) electrons. The highest BCUT2D eigenvalue weighted by atomic mass is 16.7. The van der Waals surface area contributed by atoms with Crippen LogP contribution in [0.1, 0.15) is 11.7 Å². The van der Waals surface area contributed by atoms with E-state index in [2.05, 4.69) is 0 Å². The minimum Gasteiger partial charge on any atom is -0.507 e.